The summed E-state index contributed by atoms with van der Waals surface area (Å²) in [6.45, 7) is 0. The number of hydrogen-bond donors (Lipinski definition) is 4. The zero-order valence-corrected chi connectivity index (χ0v) is 10.1. The van der Waals surface area contributed by atoms with Crippen LogP contribution in [0.4, 0.5) is 0 Å². The second-order valence-electron chi connectivity index (χ2n) is 4.04. The highest BCUT2D eigenvalue weighted by Crippen LogP contribution is 2.32. The smallest absolute Gasteiger partial charge is 0.340 e. The standard InChI is InChI=1S/C14H10O6/c15-8-3-1-7(2-4-8)9-5-6-10(16)12(14(19)20)11(9)13(17)18/h1-6,15-16H,(H,17,18)(H,19,20). The van der Waals surface area contributed by atoms with Gasteiger partial charge in [-0.1, -0.05) is 12.1 Å². The lowest BCUT2D eigenvalue weighted by Crippen LogP contribution is -2.10. The lowest BCUT2D eigenvalue weighted by molar-refractivity contribution is 0.0649. The third-order valence-electron chi connectivity index (χ3n) is 2.79. The predicted octanol–water partition coefficient (Wildman–Crippen LogP) is 2.16. The molecule has 0 saturated heterocycles. The number of aromatic carboxylic acids is 2. The lowest BCUT2D eigenvalue weighted by atomic mass is 9.94. The minimum Gasteiger partial charge on any atom is -0.508 e. The van der Waals surface area contributed by atoms with Gasteiger partial charge >= 0.3 is 11.9 Å². The Hall–Kier alpha value is -3.02. The fourth-order valence-corrected chi connectivity index (χ4v) is 1.91. The molecule has 0 aromatic heterocycles. The molecule has 0 fully saturated rings. The minimum absolute atomic E-state index is 0.00265. The van der Waals surface area contributed by atoms with Gasteiger partial charge in [0.2, 0.25) is 0 Å². The van der Waals surface area contributed by atoms with Crippen molar-refractivity contribution < 1.29 is 30.0 Å². The van der Waals surface area contributed by atoms with Crippen molar-refractivity contribution in [2.75, 3.05) is 0 Å². The van der Waals surface area contributed by atoms with Gasteiger partial charge in [-0.05, 0) is 35.4 Å². The van der Waals surface area contributed by atoms with Crippen molar-refractivity contribution in [2.45, 2.75) is 0 Å². The predicted molar refractivity (Wildman–Crippen MR) is 69.1 cm³/mol. The average Bonchev–Trinajstić information content (AvgIpc) is 2.39. The summed E-state index contributed by atoms with van der Waals surface area (Å²) in [4.78, 5) is 22.4. The molecule has 0 aliphatic carbocycles. The summed E-state index contributed by atoms with van der Waals surface area (Å²) in [6.07, 6.45) is 0. The summed E-state index contributed by atoms with van der Waals surface area (Å²) in [5, 5.41) is 37.0. The van der Waals surface area contributed by atoms with Gasteiger partial charge in [0.25, 0.3) is 0 Å². The van der Waals surface area contributed by atoms with Crippen molar-refractivity contribution in [1.82, 2.24) is 0 Å². The molecule has 2 rings (SSSR count). The molecule has 0 aliphatic heterocycles. The molecule has 20 heavy (non-hydrogen) atoms. The van der Waals surface area contributed by atoms with Gasteiger partial charge in [-0.15, -0.1) is 0 Å². The van der Waals surface area contributed by atoms with Crippen molar-refractivity contribution in [3.8, 4) is 22.6 Å². The van der Waals surface area contributed by atoms with Gasteiger partial charge in [0.1, 0.15) is 17.1 Å². The molecule has 0 aliphatic rings. The van der Waals surface area contributed by atoms with E-state index in [9.17, 15) is 24.9 Å². The van der Waals surface area contributed by atoms with E-state index in [-0.39, 0.29) is 11.3 Å². The Labute approximate surface area is 113 Å². The third-order valence-corrected chi connectivity index (χ3v) is 2.79. The molecule has 0 atom stereocenters. The van der Waals surface area contributed by atoms with E-state index in [0.29, 0.717) is 5.56 Å². The number of hydrogen-bond acceptors (Lipinski definition) is 4. The van der Waals surface area contributed by atoms with E-state index in [4.69, 9.17) is 5.11 Å². The molecule has 0 spiro atoms. The second-order valence-corrected chi connectivity index (χ2v) is 4.04. The van der Waals surface area contributed by atoms with Crippen LogP contribution in [0, 0.1) is 0 Å². The molecule has 0 bridgehead atoms. The Morgan fingerprint density at radius 3 is 1.80 bits per heavy atom. The number of benzene rings is 2. The van der Waals surface area contributed by atoms with Crippen LogP contribution >= 0.6 is 0 Å². The van der Waals surface area contributed by atoms with Crippen molar-refractivity contribution in [1.29, 1.82) is 0 Å². The van der Waals surface area contributed by atoms with E-state index < -0.39 is 28.8 Å². The quantitative estimate of drug-likeness (QED) is 0.681. The number of phenols is 2. The summed E-state index contributed by atoms with van der Waals surface area (Å²) < 4.78 is 0. The Kier molecular flexibility index (Phi) is 3.30. The van der Waals surface area contributed by atoms with Gasteiger partial charge in [-0.2, -0.15) is 0 Å². The minimum atomic E-state index is -1.53. The van der Waals surface area contributed by atoms with E-state index in [1.807, 2.05) is 0 Å². The monoisotopic (exact) mass is 274 g/mol. The topological polar surface area (TPSA) is 115 Å². The third kappa shape index (κ3) is 2.26. The molecule has 0 heterocycles. The van der Waals surface area contributed by atoms with Gasteiger partial charge in [0.05, 0.1) is 5.56 Å². The van der Waals surface area contributed by atoms with Crippen LogP contribution in [0.15, 0.2) is 36.4 Å². The van der Waals surface area contributed by atoms with Crippen LogP contribution < -0.4 is 0 Å². The highest BCUT2D eigenvalue weighted by Gasteiger charge is 2.24. The number of aromatic hydroxyl groups is 2. The summed E-state index contributed by atoms with van der Waals surface area (Å²) in [5.74, 6) is -3.60. The molecule has 0 radical (unpaired) electrons. The van der Waals surface area contributed by atoms with Gasteiger partial charge < -0.3 is 20.4 Å². The fourth-order valence-electron chi connectivity index (χ4n) is 1.91. The van der Waals surface area contributed by atoms with Crippen LogP contribution in [0.2, 0.25) is 0 Å². The van der Waals surface area contributed by atoms with Gasteiger partial charge in [0.15, 0.2) is 0 Å². The molecule has 6 heteroatoms. The molecular formula is C14H10O6. The van der Waals surface area contributed by atoms with Crippen LogP contribution in [-0.2, 0) is 0 Å². The first kappa shape index (κ1) is 13.4. The van der Waals surface area contributed by atoms with E-state index in [1.54, 1.807) is 0 Å². The molecule has 0 amide bonds. The zero-order chi connectivity index (χ0) is 14.9. The van der Waals surface area contributed by atoms with Crippen molar-refractivity contribution in [2.24, 2.45) is 0 Å². The van der Waals surface area contributed by atoms with Gasteiger partial charge in [-0.3, -0.25) is 0 Å². The highest BCUT2D eigenvalue weighted by atomic mass is 16.4. The van der Waals surface area contributed by atoms with E-state index in [1.165, 1.54) is 30.3 Å². The first-order valence-electron chi connectivity index (χ1n) is 5.53. The zero-order valence-electron chi connectivity index (χ0n) is 10.1. The Balaban J connectivity index is 2.77. The molecular weight excluding hydrogens is 264 g/mol. The first-order chi connectivity index (χ1) is 9.41. The van der Waals surface area contributed by atoms with E-state index in [0.717, 1.165) is 6.07 Å². The summed E-state index contributed by atoms with van der Waals surface area (Å²) >= 11 is 0. The van der Waals surface area contributed by atoms with Gasteiger partial charge in [-0.25, -0.2) is 9.59 Å². The molecule has 6 nitrogen and oxygen atoms in total. The highest BCUT2D eigenvalue weighted by molar-refractivity contribution is 6.08. The maximum Gasteiger partial charge on any atom is 0.340 e. The molecule has 4 N–H and O–H groups in total. The van der Waals surface area contributed by atoms with Crippen molar-refractivity contribution >= 4 is 11.9 Å². The maximum absolute atomic E-state index is 11.3. The molecule has 102 valence electrons. The number of carbonyl (C=O) groups is 2. The summed E-state index contributed by atoms with van der Waals surface area (Å²) in [6, 6.07) is 8.07. The number of rotatable bonds is 3. The van der Waals surface area contributed by atoms with E-state index >= 15 is 0 Å². The van der Waals surface area contributed by atoms with Crippen molar-refractivity contribution in [3.05, 3.63) is 47.5 Å². The van der Waals surface area contributed by atoms with Crippen LogP contribution in [0.3, 0.4) is 0 Å². The van der Waals surface area contributed by atoms with Crippen LogP contribution in [-0.4, -0.2) is 32.4 Å². The molecule has 0 saturated carbocycles. The fraction of sp³-hybridized carbons (Fsp3) is 0. The van der Waals surface area contributed by atoms with Crippen LogP contribution in [0.25, 0.3) is 11.1 Å². The second kappa shape index (κ2) is 4.93. The van der Waals surface area contributed by atoms with Crippen LogP contribution in [0.1, 0.15) is 20.7 Å². The molecule has 2 aromatic carbocycles. The summed E-state index contributed by atoms with van der Waals surface area (Å²) in [7, 11) is 0. The van der Waals surface area contributed by atoms with E-state index in [2.05, 4.69) is 0 Å². The average molecular weight is 274 g/mol. The Morgan fingerprint density at radius 2 is 1.30 bits per heavy atom. The van der Waals surface area contributed by atoms with Crippen molar-refractivity contribution in [3.63, 3.8) is 0 Å². The lowest BCUT2D eigenvalue weighted by Gasteiger charge is -2.11. The normalized spacial score (nSPS) is 10.2. The number of carboxylic acid groups (broad SMARTS) is 2. The summed E-state index contributed by atoms with van der Waals surface area (Å²) in [5.41, 5.74) is -0.596. The Bertz CT molecular complexity index is 688. The largest absolute Gasteiger partial charge is 0.508 e. The SMILES string of the molecule is O=C(O)c1c(O)ccc(-c2ccc(O)cc2)c1C(=O)O. The number of carboxylic acids is 2. The molecule has 2 aromatic rings. The first-order valence-corrected chi connectivity index (χ1v) is 5.53. The number of phenolic OH excluding ortho intramolecular Hbond substituents is 1. The molecule has 0 unspecified atom stereocenters. The Morgan fingerprint density at radius 1 is 0.750 bits per heavy atom. The maximum atomic E-state index is 11.3. The van der Waals surface area contributed by atoms with Crippen LogP contribution in [0.5, 0.6) is 11.5 Å². The van der Waals surface area contributed by atoms with Gasteiger partial charge in [0, 0.05) is 0 Å².